The minimum absolute atomic E-state index is 0.0848. The van der Waals surface area contributed by atoms with E-state index < -0.39 is 6.10 Å². The van der Waals surface area contributed by atoms with Crippen LogP contribution in [0.15, 0.2) is 72.9 Å². The van der Waals surface area contributed by atoms with Gasteiger partial charge in [0.15, 0.2) is 6.10 Å². The van der Waals surface area contributed by atoms with Gasteiger partial charge in [-0.2, -0.15) is 0 Å². The Morgan fingerprint density at radius 1 is 0.309 bits per heavy atom. The van der Waals surface area contributed by atoms with Gasteiger partial charge in [-0.1, -0.05) is 248 Å². The van der Waals surface area contributed by atoms with Gasteiger partial charge in [-0.3, -0.25) is 14.4 Å². The summed E-state index contributed by atoms with van der Waals surface area (Å²) >= 11 is 0. The van der Waals surface area contributed by atoms with Crippen molar-refractivity contribution in [2.24, 2.45) is 0 Å². The molecule has 392 valence electrons. The summed E-state index contributed by atoms with van der Waals surface area (Å²) in [6.45, 7) is 6.51. The van der Waals surface area contributed by atoms with Crippen LogP contribution < -0.4 is 0 Å². The molecule has 0 amide bonds. The lowest BCUT2D eigenvalue weighted by Gasteiger charge is -2.18. The van der Waals surface area contributed by atoms with E-state index in [-0.39, 0.29) is 31.1 Å². The lowest BCUT2D eigenvalue weighted by molar-refractivity contribution is -0.167. The van der Waals surface area contributed by atoms with Gasteiger partial charge in [0.05, 0.1) is 0 Å². The Hall–Kier alpha value is -3.15. The summed E-state index contributed by atoms with van der Waals surface area (Å²) in [7, 11) is 0. The molecular weight excluding hydrogens is 841 g/mol. The third kappa shape index (κ3) is 53.8. The van der Waals surface area contributed by atoms with E-state index in [1.165, 1.54) is 128 Å². The molecule has 0 aliphatic carbocycles. The van der Waals surface area contributed by atoms with Gasteiger partial charge in [0, 0.05) is 19.3 Å². The quantitative estimate of drug-likeness (QED) is 0.0262. The second-order valence-corrected chi connectivity index (χ2v) is 19.2. The van der Waals surface area contributed by atoms with Gasteiger partial charge in [-0.15, -0.1) is 0 Å². The number of allylic oxidation sites excluding steroid dienone is 12. The van der Waals surface area contributed by atoms with Crippen molar-refractivity contribution >= 4 is 17.9 Å². The molecule has 0 spiro atoms. The van der Waals surface area contributed by atoms with Crippen molar-refractivity contribution < 1.29 is 28.6 Å². The zero-order chi connectivity index (χ0) is 49.3. The van der Waals surface area contributed by atoms with Crippen molar-refractivity contribution in [3.05, 3.63) is 72.9 Å². The highest BCUT2D eigenvalue weighted by atomic mass is 16.6. The molecule has 68 heavy (non-hydrogen) atoms. The fourth-order valence-corrected chi connectivity index (χ4v) is 8.11. The highest BCUT2D eigenvalue weighted by Crippen LogP contribution is 2.15. The van der Waals surface area contributed by atoms with Crippen molar-refractivity contribution in [2.75, 3.05) is 13.2 Å². The zero-order valence-electron chi connectivity index (χ0n) is 44.9. The summed E-state index contributed by atoms with van der Waals surface area (Å²) in [5.41, 5.74) is 0. The van der Waals surface area contributed by atoms with Crippen LogP contribution in [0.25, 0.3) is 0 Å². The second kappa shape index (κ2) is 56.4. The summed E-state index contributed by atoms with van der Waals surface area (Å²) in [4.78, 5) is 38.1. The molecule has 0 aliphatic rings. The Balaban J connectivity index is 4.39. The van der Waals surface area contributed by atoms with Crippen molar-refractivity contribution in [2.45, 2.75) is 290 Å². The summed E-state index contributed by atoms with van der Waals surface area (Å²) in [6, 6.07) is 0. The van der Waals surface area contributed by atoms with Crippen molar-refractivity contribution in [1.29, 1.82) is 0 Å². The van der Waals surface area contributed by atoms with Crippen LogP contribution in [-0.2, 0) is 28.6 Å². The summed E-state index contributed by atoms with van der Waals surface area (Å²) in [6.07, 6.45) is 71.7. The Kier molecular flexibility index (Phi) is 53.8. The third-order valence-corrected chi connectivity index (χ3v) is 12.4. The van der Waals surface area contributed by atoms with Crippen LogP contribution in [-0.4, -0.2) is 37.2 Å². The van der Waals surface area contributed by atoms with Crippen molar-refractivity contribution in [3.63, 3.8) is 0 Å². The average Bonchev–Trinajstić information content (AvgIpc) is 3.34. The molecule has 0 aromatic rings. The molecule has 0 fully saturated rings. The van der Waals surface area contributed by atoms with E-state index in [1.54, 1.807) is 0 Å². The van der Waals surface area contributed by atoms with Gasteiger partial charge in [0.25, 0.3) is 0 Å². The SMILES string of the molecule is CC/C=C\C/C=C\C/C=C\CCCCCCCC(=O)OC(COC(=O)CCCCCCCC/C=C\C/C=C\C/C=C\CCCCCCC)COC(=O)CCCCCCCCCCCCCCCC. The molecule has 1 unspecified atom stereocenters. The Morgan fingerprint density at radius 2 is 0.574 bits per heavy atom. The van der Waals surface area contributed by atoms with Crippen LogP contribution in [0.2, 0.25) is 0 Å². The third-order valence-electron chi connectivity index (χ3n) is 12.4. The largest absolute Gasteiger partial charge is 0.462 e. The fraction of sp³-hybridized carbons (Fsp3) is 0.758. The zero-order valence-corrected chi connectivity index (χ0v) is 44.9. The number of rotatable bonds is 52. The molecule has 0 aromatic carbocycles. The predicted octanol–water partition coefficient (Wildman–Crippen LogP) is 19.4. The first-order valence-electron chi connectivity index (χ1n) is 28.9. The summed E-state index contributed by atoms with van der Waals surface area (Å²) in [5, 5.41) is 0. The van der Waals surface area contributed by atoms with Gasteiger partial charge >= 0.3 is 17.9 Å². The molecule has 0 aliphatic heterocycles. The normalized spacial score (nSPS) is 12.6. The second-order valence-electron chi connectivity index (χ2n) is 19.2. The number of carbonyl (C=O) groups is 3. The molecule has 6 heteroatoms. The number of carbonyl (C=O) groups excluding carboxylic acids is 3. The maximum atomic E-state index is 12.8. The molecule has 0 bridgehead atoms. The predicted molar refractivity (Wildman–Crippen MR) is 293 cm³/mol. The molecule has 0 aromatic heterocycles. The van der Waals surface area contributed by atoms with Crippen molar-refractivity contribution in [3.8, 4) is 0 Å². The van der Waals surface area contributed by atoms with E-state index in [9.17, 15) is 14.4 Å². The maximum absolute atomic E-state index is 12.8. The maximum Gasteiger partial charge on any atom is 0.306 e. The van der Waals surface area contributed by atoms with Gasteiger partial charge in [-0.05, 0) is 89.9 Å². The number of hydrogen-bond donors (Lipinski definition) is 0. The fourth-order valence-electron chi connectivity index (χ4n) is 8.11. The number of hydrogen-bond acceptors (Lipinski definition) is 6. The van der Waals surface area contributed by atoms with E-state index in [1.807, 2.05) is 0 Å². The molecule has 0 N–H and O–H groups in total. The number of unbranched alkanes of at least 4 members (excludes halogenated alkanes) is 29. The molecule has 1 atom stereocenters. The highest BCUT2D eigenvalue weighted by Gasteiger charge is 2.19. The smallest absolute Gasteiger partial charge is 0.306 e. The van der Waals surface area contributed by atoms with E-state index >= 15 is 0 Å². The van der Waals surface area contributed by atoms with Crippen molar-refractivity contribution in [1.82, 2.24) is 0 Å². The molecule has 0 saturated heterocycles. The topological polar surface area (TPSA) is 78.9 Å². The molecule has 0 rings (SSSR count). The molecular formula is C62H108O6. The number of esters is 3. The van der Waals surface area contributed by atoms with Gasteiger partial charge in [-0.25, -0.2) is 0 Å². The lowest BCUT2D eigenvalue weighted by atomic mass is 10.0. The molecule has 0 saturated carbocycles. The average molecular weight is 950 g/mol. The van der Waals surface area contributed by atoms with E-state index in [0.29, 0.717) is 19.3 Å². The van der Waals surface area contributed by atoms with Crippen LogP contribution in [0.5, 0.6) is 0 Å². The Bertz CT molecular complexity index is 1270. The van der Waals surface area contributed by atoms with E-state index in [2.05, 4.69) is 93.7 Å². The summed E-state index contributed by atoms with van der Waals surface area (Å²) < 4.78 is 16.9. The monoisotopic (exact) mass is 949 g/mol. The first-order valence-corrected chi connectivity index (χ1v) is 28.9. The van der Waals surface area contributed by atoms with Crippen LogP contribution >= 0.6 is 0 Å². The Labute approximate surface area is 421 Å². The summed E-state index contributed by atoms with van der Waals surface area (Å²) in [5.74, 6) is -0.906. The van der Waals surface area contributed by atoms with Gasteiger partial charge in [0.1, 0.15) is 13.2 Å². The molecule has 6 nitrogen and oxygen atoms in total. The van der Waals surface area contributed by atoms with Crippen LogP contribution in [0, 0.1) is 0 Å². The highest BCUT2D eigenvalue weighted by molar-refractivity contribution is 5.71. The first kappa shape index (κ1) is 64.8. The standard InChI is InChI=1S/C62H108O6/c1-4-7-10-13-16-19-22-25-28-29-30-31-32-33-35-37-40-43-46-49-52-55-61(64)67-58-59(57-66-60(63)54-51-48-45-42-39-36-27-24-21-18-15-12-9-6-3)68-62(65)56-53-50-47-44-41-38-34-26-23-20-17-14-11-8-5-2/h8,11,17,20,22,25-26,29-30,32-34,59H,4-7,9-10,12-16,18-19,21,23-24,27-28,31,35-58H2,1-3H3/b11-8-,20-17-,25-22-,30-29-,33-32-,34-26-. The van der Waals surface area contributed by atoms with E-state index in [0.717, 1.165) is 116 Å². The first-order chi connectivity index (χ1) is 33.5. The van der Waals surface area contributed by atoms with Gasteiger partial charge < -0.3 is 14.2 Å². The van der Waals surface area contributed by atoms with Crippen LogP contribution in [0.1, 0.15) is 284 Å². The van der Waals surface area contributed by atoms with E-state index in [4.69, 9.17) is 14.2 Å². The minimum Gasteiger partial charge on any atom is -0.462 e. The molecule has 0 heterocycles. The number of ether oxygens (including phenoxy) is 3. The minimum atomic E-state index is -0.789. The van der Waals surface area contributed by atoms with Gasteiger partial charge in [0.2, 0.25) is 0 Å². The lowest BCUT2D eigenvalue weighted by Crippen LogP contribution is -2.30. The van der Waals surface area contributed by atoms with Crippen LogP contribution in [0.3, 0.4) is 0 Å². The molecule has 0 radical (unpaired) electrons. The van der Waals surface area contributed by atoms with Crippen LogP contribution in [0.4, 0.5) is 0 Å². The Morgan fingerprint density at radius 3 is 0.897 bits per heavy atom.